The van der Waals surface area contributed by atoms with Crippen LogP contribution in [0, 0.1) is 11.8 Å². The first-order valence-corrected chi connectivity index (χ1v) is 24.1. The second kappa shape index (κ2) is 20.0. The summed E-state index contributed by atoms with van der Waals surface area (Å²) in [6.07, 6.45) is 10.7. The molecule has 1 unspecified atom stereocenters. The van der Waals surface area contributed by atoms with Crippen LogP contribution in [0.5, 0.6) is 5.75 Å². The number of amides is 3. The Hall–Kier alpha value is -5.41. The Balaban J connectivity index is 0.799. The molecule has 4 aromatic rings. The lowest BCUT2D eigenvalue weighted by Crippen LogP contribution is -2.52. The highest BCUT2D eigenvalue weighted by molar-refractivity contribution is 7.70. The van der Waals surface area contributed by atoms with Gasteiger partial charge in [0.1, 0.15) is 24.0 Å². The van der Waals surface area contributed by atoms with E-state index in [-0.39, 0.29) is 18.2 Å². The van der Waals surface area contributed by atoms with Crippen molar-refractivity contribution < 1.29 is 23.7 Å². The SMILES string of the molecule is COc1cc(N2CCC(NCCCCCCCC#Cc3cccc4c3CN(C3CCC(=O)NC3=O)C4=O)CC2)ccc1Nc1ncc(Cl)c(Nc2ccccc2P(C)(C)=O)n1. The highest BCUT2D eigenvalue weighted by Gasteiger charge is 2.39. The van der Waals surface area contributed by atoms with Crippen LogP contribution in [0.15, 0.2) is 66.9 Å². The van der Waals surface area contributed by atoms with Crippen molar-refractivity contribution in [3.05, 3.63) is 88.6 Å². The van der Waals surface area contributed by atoms with E-state index >= 15 is 0 Å². The van der Waals surface area contributed by atoms with Gasteiger partial charge in [-0.2, -0.15) is 4.98 Å². The Morgan fingerprint density at radius 2 is 1.72 bits per heavy atom. The molecule has 1 atom stereocenters. The molecule has 0 radical (unpaired) electrons. The molecule has 7 rings (SSSR count). The van der Waals surface area contributed by atoms with Crippen molar-refractivity contribution in [1.82, 2.24) is 25.5 Å². The number of piperidine rings is 2. The highest BCUT2D eigenvalue weighted by Crippen LogP contribution is 2.39. The number of unbranched alkanes of at least 4 members (excludes halogenated alkanes) is 5. The van der Waals surface area contributed by atoms with Gasteiger partial charge in [0, 0.05) is 66.7 Å². The van der Waals surface area contributed by atoms with Crippen molar-refractivity contribution in [2.45, 2.75) is 82.8 Å². The van der Waals surface area contributed by atoms with E-state index in [1.165, 1.54) is 19.0 Å². The number of rotatable bonds is 16. The van der Waals surface area contributed by atoms with Gasteiger partial charge in [-0.3, -0.25) is 19.7 Å². The number of para-hydroxylation sites is 1. The summed E-state index contributed by atoms with van der Waals surface area (Å²) in [5, 5.41) is 13.7. The molecule has 3 aromatic carbocycles. The molecule has 1 aromatic heterocycles. The smallest absolute Gasteiger partial charge is 0.255 e. The number of carbonyl (C=O) groups excluding carboxylic acids is 3. The van der Waals surface area contributed by atoms with Crippen LogP contribution in [0.4, 0.5) is 28.8 Å². The molecule has 0 bridgehead atoms. The van der Waals surface area contributed by atoms with Crippen LogP contribution in [0.2, 0.25) is 5.02 Å². The van der Waals surface area contributed by atoms with Gasteiger partial charge in [0.2, 0.25) is 17.8 Å². The van der Waals surface area contributed by atoms with Crippen molar-refractivity contribution in [2.24, 2.45) is 0 Å². The zero-order valence-corrected chi connectivity index (χ0v) is 36.7. The zero-order valence-electron chi connectivity index (χ0n) is 35.1. The number of ether oxygens (including phenoxy) is 1. The molecule has 3 amide bonds. The van der Waals surface area contributed by atoms with Crippen LogP contribution < -0.4 is 36.2 Å². The molecule has 13 nitrogen and oxygen atoms in total. The number of nitrogens with zero attached hydrogens (tertiary/aromatic N) is 4. The number of methoxy groups -OCH3 is 1. The molecular formula is C46H54ClN8O5P. The standard InChI is InChI=1S/C46H54ClN8O5P/c1-60-40-28-33(19-20-37(40)51-46-49-29-36(47)43(53-46)50-38-17-10-11-18-41(38)61(2,3)59)54-26-23-32(24-27-54)48-25-12-8-6-4-5-7-9-14-31-15-13-16-34-35(31)30-55(45(34)58)39-21-22-42(56)52-44(39)57/h10-11,13,15-20,28-29,32,39,48H,4-8,12,21-27,30H2,1-3H3,(H,52,56,57)(H2,49,50,51,53). The minimum absolute atomic E-state index is 0.173. The maximum Gasteiger partial charge on any atom is 0.255 e. The second-order valence-electron chi connectivity index (χ2n) is 16.2. The molecule has 0 aliphatic carbocycles. The Bertz CT molecular complexity index is 2370. The average molecular weight is 865 g/mol. The number of benzene rings is 3. The first-order chi connectivity index (χ1) is 29.5. The van der Waals surface area contributed by atoms with Gasteiger partial charge < -0.3 is 35.1 Å². The Morgan fingerprint density at radius 3 is 2.51 bits per heavy atom. The lowest BCUT2D eigenvalue weighted by atomic mass is 10.0. The molecule has 320 valence electrons. The van der Waals surface area contributed by atoms with Crippen molar-refractivity contribution in [3.63, 3.8) is 0 Å². The van der Waals surface area contributed by atoms with E-state index in [4.69, 9.17) is 16.3 Å². The second-order valence-corrected chi connectivity index (χ2v) is 19.8. The third kappa shape index (κ3) is 10.9. The van der Waals surface area contributed by atoms with E-state index in [0.717, 1.165) is 86.0 Å². The van der Waals surface area contributed by atoms with Crippen molar-refractivity contribution in [3.8, 4) is 17.6 Å². The quantitative estimate of drug-likeness (QED) is 0.0381. The van der Waals surface area contributed by atoms with Crippen molar-refractivity contribution in [2.75, 3.05) is 55.6 Å². The minimum atomic E-state index is -2.54. The molecule has 0 spiro atoms. The van der Waals surface area contributed by atoms with Crippen LogP contribution in [0.1, 0.15) is 85.7 Å². The molecule has 61 heavy (non-hydrogen) atoms. The number of halogens is 1. The number of nitrogens with one attached hydrogen (secondary N) is 4. The molecule has 2 fully saturated rings. The first kappa shape index (κ1) is 43.7. The van der Waals surface area contributed by atoms with Crippen molar-refractivity contribution in [1.29, 1.82) is 0 Å². The maximum absolute atomic E-state index is 13.1. The van der Waals surface area contributed by atoms with E-state index in [2.05, 4.69) is 54.0 Å². The minimum Gasteiger partial charge on any atom is -0.494 e. The molecular weight excluding hydrogens is 811 g/mol. The number of aromatic nitrogens is 2. The molecule has 3 aliphatic rings. The van der Waals surface area contributed by atoms with Crippen LogP contribution >= 0.6 is 18.7 Å². The lowest BCUT2D eigenvalue weighted by Gasteiger charge is -2.34. The summed E-state index contributed by atoms with van der Waals surface area (Å²) >= 11 is 6.47. The number of hydrogen-bond donors (Lipinski definition) is 4. The van der Waals surface area contributed by atoms with Gasteiger partial charge in [0.25, 0.3) is 5.91 Å². The van der Waals surface area contributed by atoms with E-state index < -0.39 is 19.1 Å². The molecule has 4 heterocycles. The Kier molecular flexibility index (Phi) is 14.3. The molecule has 4 N–H and O–H groups in total. The average Bonchev–Trinajstić information content (AvgIpc) is 3.59. The molecule has 3 aliphatic heterocycles. The van der Waals surface area contributed by atoms with Gasteiger partial charge in [-0.25, -0.2) is 4.98 Å². The lowest BCUT2D eigenvalue weighted by molar-refractivity contribution is -0.136. The fourth-order valence-corrected chi connectivity index (χ4v) is 9.46. The number of fused-ring (bicyclic) bond motifs is 1. The van der Waals surface area contributed by atoms with E-state index in [1.807, 2.05) is 48.5 Å². The van der Waals surface area contributed by atoms with Gasteiger partial charge in [-0.05, 0) is 93.9 Å². The summed E-state index contributed by atoms with van der Waals surface area (Å²) in [6.45, 7) is 6.73. The first-order valence-electron chi connectivity index (χ1n) is 21.1. The van der Waals surface area contributed by atoms with Crippen molar-refractivity contribution >= 4 is 70.6 Å². The number of hydrogen-bond acceptors (Lipinski definition) is 11. The summed E-state index contributed by atoms with van der Waals surface area (Å²) in [6, 6.07) is 19.0. The fraction of sp³-hybridized carbons (Fsp3) is 0.413. The number of anilines is 5. The summed E-state index contributed by atoms with van der Waals surface area (Å²) in [5.74, 6) is 7.14. The van der Waals surface area contributed by atoms with Crippen LogP contribution in [0.3, 0.4) is 0 Å². The van der Waals surface area contributed by atoms with Crippen LogP contribution in [0.25, 0.3) is 0 Å². The van der Waals surface area contributed by atoms with Crippen LogP contribution in [-0.2, 0) is 20.7 Å². The van der Waals surface area contributed by atoms with Gasteiger partial charge in [-0.15, -0.1) is 0 Å². The van der Waals surface area contributed by atoms with Gasteiger partial charge >= 0.3 is 0 Å². The maximum atomic E-state index is 13.1. The largest absolute Gasteiger partial charge is 0.494 e. The van der Waals surface area contributed by atoms with E-state index in [0.29, 0.717) is 52.8 Å². The highest BCUT2D eigenvalue weighted by atomic mass is 35.5. The normalized spacial score (nSPS) is 16.8. The number of imide groups is 1. The summed E-state index contributed by atoms with van der Waals surface area (Å²) in [7, 11) is -0.890. The summed E-state index contributed by atoms with van der Waals surface area (Å²) < 4.78 is 18.7. The van der Waals surface area contributed by atoms with E-state index in [1.54, 1.807) is 31.4 Å². The van der Waals surface area contributed by atoms with Crippen LogP contribution in [-0.4, -0.2) is 84.7 Å². The fourth-order valence-electron chi connectivity index (χ4n) is 8.17. The van der Waals surface area contributed by atoms with Gasteiger partial charge in [0.05, 0.1) is 24.7 Å². The molecule has 0 saturated carbocycles. The van der Waals surface area contributed by atoms with Gasteiger partial charge in [0.15, 0.2) is 5.82 Å². The third-order valence-corrected chi connectivity index (χ3v) is 13.3. The molecule has 2 saturated heterocycles. The third-order valence-electron chi connectivity index (χ3n) is 11.5. The predicted molar refractivity (Wildman–Crippen MR) is 242 cm³/mol. The van der Waals surface area contributed by atoms with Gasteiger partial charge in [-0.1, -0.05) is 60.9 Å². The molecule has 15 heteroatoms. The Morgan fingerprint density at radius 1 is 0.934 bits per heavy atom. The summed E-state index contributed by atoms with van der Waals surface area (Å²) in [4.78, 5) is 50.1. The summed E-state index contributed by atoms with van der Waals surface area (Å²) in [5.41, 5.74) is 4.82. The predicted octanol–water partition coefficient (Wildman–Crippen LogP) is 7.59. The topological polar surface area (TPSA) is 158 Å². The Labute approximate surface area is 363 Å². The monoisotopic (exact) mass is 864 g/mol. The number of carbonyl (C=O) groups is 3. The zero-order chi connectivity index (χ0) is 42.9. The van der Waals surface area contributed by atoms with E-state index in [9.17, 15) is 18.9 Å².